The maximum atomic E-state index is 12.8. The highest BCUT2D eigenvalue weighted by molar-refractivity contribution is 7.45. The summed E-state index contributed by atoms with van der Waals surface area (Å²) in [5.41, 5.74) is 0. The molecule has 0 N–H and O–H groups in total. The zero-order chi connectivity index (χ0) is 49.9. The fourth-order valence-electron chi connectivity index (χ4n) is 9.01. The number of rotatable bonds is 56. The normalized spacial score (nSPS) is 13.2. The topological polar surface area (TPSA) is 111 Å². The number of phosphoric ester groups is 1. The second-order valence-electron chi connectivity index (χ2n) is 21.7. The molecule has 0 saturated carbocycles. The van der Waals surface area contributed by atoms with Crippen molar-refractivity contribution >= 4 is 19.8 Å². The number of hydrogen-bond donors (Lipinski definition) is 0. The standard InChI is InChI=1S/C58H116NO8P/c1-6-8-10-12-14-16-18-20-22-24-26-28-29-31-32-34-36-38-40-42-44-46-48-50-57(60)64-54-56(55-66-68(62,63)65-53-52-59(3,4)5)67-58(61)51-49-47-45-43-41-39-37-35-33-30-27-25-23-21-19-17-15-13-11-9-7-2/h56H,6-55H2,1-5H3. The molecule has 0 rings (SSSR count). The summed E-state index contributed by atoms with van der Waals surface area (Å²) in [6, 6.07) is 0. The maximum absolute atomic E-state index is 12.8. The quantitative estimate of drug-likeness (QED) is 0.0256. The third kappa shape index (κ3) is 54.3. The minimum atomic E-state index is -4.63. The smallest absolute Gasteiger partial charge is 0.306 e. The van der Waals surface area contributed by atoms with Crippen LogP contribution in [0.2, 0.25) is 0 Å². The second-order valence-corrected chi connectivity index (χ2v) is 23.1. The first-order chi connectivity index (χ1) is 33.0. The summed E-state index contributed by atoms with van der Waals surface area (Å²) in [6.07, 6.45) is 57.2. The molecule has 0 aromatic heterocycles. The molecule has 0 aromatic rings. The average molecular weight is 987 g/mol. The summed E-state index contributed by atoms with van der Waals surface area (Å²) < 4.78 is 34.2. The molecule has 0 radical (unpaired) electrons. The summed E-state index contributed by atoms with van der Waals surface area (Å²) in [5, 5.41) is 0. The first kappa shape index (κ1) is 67.0. The summed E-state index contributed by atoms with van der Waals surface area (Å²) in [4.78, 5) is 37.9. The van der Waals surface area contributed by atoms with Crippen LogP contribution >= 0.6 is 7.82 Å². The second kappa shape index (κ2) is 50.9. The van der Waals surface area contributed by atoms with E-state index in [4.69, 9.17) is 18.5 Å². The number of ether oxygens (including phenoxy) is 2. The van der Waals surface area contributed by atoms with Crippen molar-refractivity contribution in [2.45, 2.75) is 315 Å². The van der Waals surface area contributed by atoms with Crippen LogP contribution in [0.5, 0.6) is 0 Å². The minimum Gasteiger partial charge on any atom is -0.756 e. The molecule has 10 heteroatoms. The lowest BCUT2D eigenvalue weighted by molar-refractivity contribution is -0.870. The Labute approximate surface area is 423 Å². The monoisotopic (exact) mass is 986 g/mol. The van der Waals surface area contributed by atoms with E-state index in [1.165, 1.54) is 244 Å². The van der Waals surface area contributed by atoms with Crippen molar-refractivity contribution in [1.29, 1.82) is 0 Å². The molecule has 0 amide bonds. The average Bonchev–Trinajstić information content (AvgIpc) is 3.30. The van der Waals surface area contributed by atoms with Gasteiger partial charge in [-0.1, -0.05) is 284 Å². The molecule has 68 heavy (non-hydrogen) atoms. The Morgan fingerprint density at radius 2 is 0.662 bits per heavy atom. The van der Waals surface area contributed by atoms with Gasteiger partial charge in [0.15, 0.2) is 6.10 Å². The molecular weight excluding hydrogens is 870 g/mol. The van der Waals surface area contributed by atoms with Crippen molar-refractivity contribution < 1.29 is 42.1 Å². The van der Waals surface area contributed by atoms with Crippen LogP contribution in [0.3, 0.4) is 0 Å². The van der Waals surface area contributed by atoms with Crippen LogP contribution in [0.4, 0.5) is 0 Å². The van der Waals surface area contributed by atoms with E-state index >= 15 is 0 Å². The predicted octanol–water partition coefficient (Wildman–Crippen LogP) is 17.6. The Balaban J connectivity index is 4.09. The van der Waals surface area contributed by atoms with Crippen LogP contribution in [-0.4, -0.2) is 70.0 Å². The highest BCUT2D eigenvalue weighted by Crippen LogP contribution is 2.38. The van der Waals surface area contributed by atoms with Gasteiger partial charge >= 0.3 is 11.9 Å². The van der Waals surface area contributed by atoms with E-state index in [2.05, 4.69) is 13.8 Å². The lowest BCUT2D eigenvalue weighted by atomic mass is 10.0. The summed E-state index contributed by atoms with van der Waals surface area (Å²) in [5.74, 6) is -0.808. The van der Waals surface area contributed by atoms with Crippen LogP contribution in [-0.2, 0) is 32.7 Å². The number of phosphoric acid groups is 1. The third-order valence-electron chi connectivity index (χ3n) is 13.6. The number of quaternary nitrogens is 1. The van der Waals surface area contributed by atoms with E-state index < -0.39 is 26.5 Å². The van der Waals surface area contributed by atoms with Gasteiger partial charge in [-0.3, -0.25) is 14.2 Å². The number of hydrogen-bond acceptors (Lipinski definition) is 8. The van der Waals surface area contributed by atoms with Crippen molar-refractivity contribution in [2.75, 3.05) is 47.5 Å². The van der Waals surface area contributed by atoms with E-state index in [0.29, 0.717) is 17.4 Å². The van der Waals surface area contributed by atoms with E-state index in [1.54, 1.807) is 0 Å². The fourth-order valence-corrected chi connectivity index (χ4v) is 9.74. The molecule has 9 nitrogen and oxygen atoms in total. The van der Waals surface area contributed by atoms with Gasteiger partial charge in [-0.15, -0.1) is 0 Å². The predicted molar refractivity (Wildman–Crippen MR) is 287 cm³/mol. The lowest BCUT2D eigenvalue weighted by Gasteiger charge is -2.28. The Morgan fingerprint density at radius 3 is 0.941 bits per heavy atom. The number of esters is 2. The minimum absolute atomic E-state index is 0.0250. The van der Waals surface area contributed by atoms with Gasteiger partial charge in [0.05, 0.1) is 27.7 Å². The highest BCUT2D eigenvalue weighted by atomic mass is 31.2. The van der Waals surface area contributed by atoms with Crippen LogP contribution in [0, 0.1) is 0 Å². The summed E-state index contributed by atoms with van der Waals surface area (Å²) in [6.45, 7) is 4.32. The third-order valence-corrected chi connectivity index (χ3v) is 14.6. The van der Waals surface area contributed by atoms with Gasteiger partial charge in [-0.05, 0) is 12.8 Å². The van der Waals surface area contributed by atoms with E-state index in [-0.39, 0.29) is 32.0 Å². The van der Waals surface area contributed by atoms with Crippen LogP contribution in [0.25, 0.3) is 0 Å². The first-order valence-corrected chi connectivity index (χ1v) is 31.2. The number of nitrogens with zero attached hydrogens (tertiary/aromatic N) is 1. The molecule has 0 aliphatic rings. The maximum Gasteiger partial charge on any atom is 0.306 e. The number of carbonyl (C=O) groups is 2. The number of carbonyl (C=O) groups excluding carboxylic acids is 2. The zero-order valence-electron chi connectivity index (χ0n) is 46.1. The molecule has 0 spiro atoms. The highest BCUT2D eigenvalue weighted by Gasteiger charge is 2.22. The van der Waals surface area contributed by atoms with Gasteiger partial charge in [0.25, 0.3) is 7.82 Å². The lowest BCUT2D eigenvalue weighted by Crippen LogP contribution is -2.37. The largest absolute Gasteiger partial charge is 0.756 e. The number of likely N-dealkylation sites (N-methyl/N-ethyl adjacent to an activating group) is 1. The van der Waals surface area contributed by atoms with E-state index in [0.717, 1.165) is 32.1 Å². The Hall–Kier alpha value is -0.990. The van der Waals surface area contributed by atoms with Gasteiger partial charge in [0.1, 0.15) is 19.8 Å². The van der Waals surface area contributed by atoms with Crippen molar-refractivity contribution in [1.82, 2.24) is 0 Å². The van der Waals surface area contributed by atoms with Crippen molar-refractivity contribution in [3.63, 3.8) is 0 Å². The van der Waals surface area contributed by atoms with Crippen LogP contribution in [0.1, 0.15) is 309 Å². The Bertz CT molecular complexity index is 1120. The molecule has 0 aliphatic carbocycles. The SMILES string of the molecule is CCCCCCCCCCCCCCCCCCCCCCCCCC(=O)OCC(COP(=O)([O-])OCC[N+](C)(C)C)OC(=O)CCCCCCCCCCCCCCCCCCCCCCC. The molecule has 0 aliphatic heterocycles. The van der Waals surface area contributed by atoms with Crippen molar-refractivity contribution in [3.8, 4) is 0 Å². The molecule has 406 valence electrons. The van der Waals surface area contributed by atoms with Gasteiger partial charge in [0, 0.05) is 12.8 Å². The molecule has 0 fully saturated rings. The van der Waals surface area contributed by atoms with E-state index in [1.807, 2.05) is 21.1 Å². The van der Waals surface area contributed by atoms with E-state index in [9.17, 15) is 19.0 Å². The Kier molecular flexibility index (Phi) is 50.2. The fraction of sp³-hybridized carbons (Fsp3) is 0.966. The van der Waals surface area contributed by atoms with Gasteiger partial charge in [0.2, 0.25) is 0 Å². The molecule has 2 atom stereocenters. The van der Waals surface area contributed by atoms with Gasteiger partial charge in [-0.2, -0.15) is 0 Å². The first-order valence-electron chi connectivity index (χ1n) is 29.7. The molecule has 0 saturated heterocycles. The van der Waals surface area contributed by atoms with Gasteiger partial charge in [-0.25, -0.2) is 0 Å². The molecular formula is C58H116NO8P. The van der Waals surface area contributed by atoms with Gasteiger partial charge < -0.3 is 27.9 Å². The van der Waals surface area contributed by atoms with Crippen LogP contribution in [0.15, 0.2) is 0 Å². The molecule has 0 bridgehead atoms. The number of unbranched alkanes of at least 4 members (excludes halogenated alkanes) is 42. The summed E-state index contributed by atoms with van der Waals surface area (Å²) in [7, 11) is 1.19. The molecule has 0 heterocycles. The molecule has 2 unspecified atom stereocenters. The van der Waals surface area contributed by atoms with Crippen LogP contribution < -0.4 is 4.89 Å². The summed E-state index contributed by atoms with van der Waals surface area (Å²) >= 11 is 0. The zero-order valence-corrected chi connectivity index (χ0v) is 47.0. The van der Waals surface area contributed by atoms with Crippen molar-refractivity contribution in [2.24, 2.45) is 0 Å². The van der Waals surface area contributed by atoms with Crippen molar-refractivity contribution in [3.05, 3.63) is 0 Å². The Morgan fingerprint density at radius 1 is 0.397 bits per heavy atom. The molecule has 0 aromatic carbocycles.